The molecule has 0 aliphatic carbocycles. The Hall–Kier alpha value is -1.51. The van der Waals surface area contributed by atoms with Crippen LogP contribution in [-0.2, 0) is 4.79 Å². The number of rotatable bonds is 8. The maximum Gasteiger partial charge on any atom is 0.224 e. The van der Waals surface area contributed by atoms with E-state index in [1.807, 2.05) is 0 Å². The van der Waals surface area contributed by atoms with E-state index in [9.17, 15) is 4.79 Å². The van der Waals surface area contributed by atoms with E-state index in [0.717, 1.165) is 18.6 Å². The van der Waals surface area contributed by atoms with Crippen molar-refractivity contribution < 1.29 is 9.90 Å². The first kappa shape index (κ1) is 16.5. The molecule has 0 bridgehead atoms. The highest BCUT2D eigenvalue weighted by Gasteiger charge is 2.07. The highest BCUT2D eigenvalue weighted by molar-refractivity contribution is 7.99. The van der Waals surface area contributed by atoms with E-state index in [0.29, 0.717) is 22.9 Å². The summed E-state index contributed by atoms with van der Waals surface area (Å²) >= 11 is 1.76. The van der Waals surface area contributed by atoms with Crippen LogP contribution in [0.4, 0.5) is 5.69 Å². The lowest BCUT2D eigenvalue weighted by Crippen LogP contribution is -2.12. The lowest BCUT2D eigenvalue weighted by atomic mass is 10.2. The number of benzene rings is 1. The summed E-state index contributed by atoms with van der Waals surface area (Å²) in [5.41, 5.74) is 1.05. The molecule has 0 spiro atoms. The summed E-state index contributed by atoms with van der Waals surface area (Å²) < 4.78 is 0. The zero-order valence-electron chi connectivity index (χ0n) is 11.6. The number of nitriles is 1. The molecular formula is C15H20N2O2S. The minimum absolute atomic E-state index is 0.0666. The van der Waals surface area contributed by atoms with Gasteiger partial charge >= 0.3 is 0 Å². The van der Waals surface area contributed by atoms with Gasteiger partial charge in [-0.3, -0.25) is 4.79 Å². The lowest BCUT2D eigenvalue weighted by Gasteiger charge is -2.09. The number of hydrogen-bond acceptors (Lipinski definition) is 4. The van der Waals surface area contributed by atoms with Gasteiger partial charge in [0.15, 0.2) is 0 Å². The molecule has 1 unspecified atom stereocenters. The summed E-state index contributed by atoms with van der Waals surface area (Å²) in [6.07, 6.45) is 2.02. The minimum atomic E-state index is -0.0666. The quantitative estimate of drug-likeness (QED) is 0.723. The molecule has 0 heterocycles. The fraction of sp³-hybridized carbons (Fsp3) is 0.467. The van der Waals surface area contributed by atoms with Crippen LogP contribution >= 0.6 is 11.8 Å². The standard InChI is InChI=1S/C15H20N2O2S/c1-12(8-9-18)20-10-4-7-15(19)17-14-6-3-2-5-13(14)11-16/h2-3,5-6,12,18H,4,7-10H2,1H3,(H,17,19). The summed E-state index contributed by atoms with van der Waals surface area (Å²) in [5, 5.41) is 20.9. The maximum atomic E-state index is 11.8. The molecule has 20 heavy (non-hydrogen) atoms. The third-order valence-corrected chi connectivity index (χ3v) is 4.14. The predicted octanol–water partition coefficient (Wildman–Crippen LogP) is 2.78. The summed E-state index contributed by atoms with van der Waals surface area (Å²) in [7, 11) is 0. The Bertz CT molecular complexity index is 471. The molecule has 4 nitrogen and oxygen atoms in total. The Kier molecular flexibility index (Phi) is 7.78. The molecule has 0 saturated heterocycles. The molecule has 0 saturated carbocycles. The second-order valence-electron chi connectivity index (χ2n) is 4.50. The number of thioether (sulfide) groups is 1. The first-order valence-corrected chi connectivity index (χ1v) is 7.73. The van der Waals surface area contributed by atoms with Crippen molar-refractivity contribution in [2.75, 3.05) is 17.7 Å². The van der Waals surface area contributed by atoms with Gasteiger partial charge in [0.1, 0.15) is 6.07 Å². The van der Waals surface area contributed by atoms with E-state index in [-0.39, 0.29) is 12.5 Å². The summed E-state index contributed by atoms with van der Waals surface area (Å²) in [5.74, 6) is 0.831. The fourth-order valence-electron chi connectivity index (χ4n) is 1.68. The fourth-order valence-corrected chi connectivity index (χ4v) is 2.67. The van der Waals surface area contributed by atoms with Crippen molar-refractivity contribution in [2.45, 2.75) is 31.4 Å². The monoisotopic (exact) mass is 292 g/mol. The van der Waals surface area contributed by atoms with Crippen LogP contribution in [0.2, 0.25) is 0 Å². The van der Waals surface area contributed by atoms with Gasteiger partial charge < -0.3 is 10.4 Å². The van der Waals surface area contributed by atoms with Gasteiger partial charge in [-0.05, 0) is 30.7 Å². The SMILES string of the molecule is CC(CCO)SCCCC(=O)Nc1ccccc1C#N. The van der Waals surface area contributed by atoms with Gasteiger partial charge in [-0.15, -0.1) is 0 Å². The molecule has 0 radical (unpaired) electrons. The number of carbonyl (C=O) groups is 1. The number of nitrogens with one attached hydrogen (secondary N) is 1. The van der Waals surface area contributed by atoms with Crippen LogP contribution in [0.3, 0.4) is 0 Å². The van der Waals surface area contributed by atoms with E-state index in [1.165, 1.54) is 0 Å². The maximum absolute atomic E-state index is 11.8. The topological polar surface area (TPSA) is 73.1 Å². The largest absolute Gasteiger partial charge is 0.396 e. The van der Waals surface area contributed by atoms with E-state index < -0.39 is 0 Å². The van der Waals surface area contributed by atoms with Crippen LogP contribution in [0.1, 0.15) is 31.7 Å². The van der Waals surface area contributed by atoms with Gasteiger partial charge in [0, 0.05) is 18.3 Å². The van der Waals surface area contributed by atoms with Crippen LogP contribution in [-0.4, -0.2) is 28.6 Å². The Balaban J connectivity index is 2.29. The van der Waals surface area contributed by atoms with Crippen molar-refractivity contribution in [2.24, 2.45) is 0 Å². The van der Waals surface area contributed by atoms with Gasteiger partial charge in [0.05, 0.1) is 11.3 Å². The molecule has 0 aliphatic rings. The van der Waals surface area contributed by atoms with Crippen LogP contribution in [0.15, 0.2) is 24.3 Å². The van der Waals surface area contributed by atoms with Crippen molar-refractivity contribution in [3.63, 3.8) is 0 Å². The summed E-state index contributed by atoms with van der Waals surface area (Å²) in [6.45, 7) is 2.28. The molecule has 0 aromatic heterocycles. The molecule has 1 aromatic rings. The predicted molar refractivity (Wildman–Crippen MR) is 82.6 cm³/mol. The zero-order valence-corrected chi connectivity index (χ0v) is 12.4. The summed E-state index contributed by atoms with van der Waals surface area (Å²) in [4.78, 5) is 11.8. The van der Waals surface area contributed by atoms with Gasteiger partial charge in [-0.2, -0.15) is 17.0 Å². The molecule has 1 atom stereocenters. The van der Waals surface area contributed by atoms with E-state index in [2.05, 4.69) is 18.3 Å². The van der Waals surface area contributed by atoms with Crippen molar-refractivity contribution in [3.05, 3.63) is 29.8 Å². The van der Waals surface area contributed by atoms with Crippen LogP contribution in [0, 0.1) is 11.3 Å². The van der Waals surface area contributed by atoms with Crippen LogP contribution < -0.4 is 5.32 Å². The number of aliphatic hydroxyl groups is 1. The van der Waals surface area contributed by atoms with Crippen molar-refractivity contribution >= 4 is 23.4 Å². The number of para-hydroxylation sites is 1. The Morgan fingerprint density at radius 2 is 2.25 bits per heavy atom. The number of aliphatic hydroxyl groups excluding tert-OH is 1. The molecule has 1 amide bonds. The lowest BCUT2D eigenvalue weighted by molar-refractivity contribution is -0.116. The van der Waals surface area contributed by atoms with E-state index in [1.54, 1.807) is 36.0 Å². The minimum Gasteiger partial charge on any atom is -0.396 e. The average molecular weight is 292 g/mol. The van der Waals surface area contributed by atoms with E-state index in [4.69, 9.17) is 10.4 Å². The highest BCUT2D eigenvalue weighted by Crippen LogP contribution is 2.17. The molecule has 0 aliphatic heterocycles. The molecule has 1 aromatic carbocycles. The highest BCUT2D eigenvalue weighted by atomic mass is 32.2. The first-order chi connectivity index (χ1) is 9.67. The molecular weight excluding hydrogens is 272 g/mol. The number of carbonyl (C=O) groups excluding carboxylic acids is 1. The smallest absolute Gasteiger partial charge is 0.224 e. The van der Waals surface area contributed by atoms with E-state index >= 15 is 0 Å². The second kappa shape index (κ2) is 9.40. The number of hydrogen-bond donors (Lipinski definition) is 2. The van der Waals surface area contributed by atoms with Crippen molar-refractivity contribution in [3.8, 4) is 6.07 Å². The van der Waals surface area contributed by atoms with Crippen molar-refractivity contribution in [1.29, 1.82) is 5.26 Å². The Morgan fingerprint density at radius 1 is 1.50 bits per heavy atom. The molecule has 108 valence electrons. The number of anilines is 1. The summed E-state index contributed by atoms with van der Waals surface area (Å²) in [6, 6.07) is 9.03. The van der Waals surface area contributed by atoms with Gasteiger partial charge in [0.2, 0.25) is 5.91 Å². The molecule has 2 N–H and O–H groups in total. The Morgan fingerprint density at radius 3 is 2.95 bits per heavy atom. The third-order valence-electron chi connectivity index (χ3n) is 2.81. The number of amides is 1. The molecule has 0 fully saturated rings. The van der Waals surface area contributed by atoms with Crippen LogP contribution in [0.25, 0.3) is 0 Å². The van der Waals surface area contributed by atoms with Crippen LogP contribution in [0.5, 0.6) is 0 Å². The average Bonchev–Trinajstić information content (AvgIpc) is 2.44. The molecule has 1 rings (SSSR count). The molecule has 5 heteroatoms. The van der Waals surface area contributed by atoms with Gasteiger partial charge in [-0.25, -0.2) is 0 Å². The van der Waals surface area contributed by atoms with Gasteiger partial charge in [-0.1, -0.05) is 19.1 Å². The number of nitrogens with zero attached hydrogens (tertiary/aromatic N) is 1. The normalized spacial score (nSPS) is 11.7. The van der Waals surface area contributed by atoms with Crippen molar-refractivity contribution in [1.82, 2.24) is 0 Å². The first-order valence-electron chi connectivity index (χ1n) is 6.68. The van der Waals surface area contributed by atoms with Gasteiger partial charge in [0.25, 0.3) is 0 Å². The third kappa shape index (κ3) is 6.09. The second-order valence-corrected chi connectivity index (χ2v) is 6.05. The zero-order chi connectivity index (χ0) is 14.8. The Labute approximate surface area is 124 Å².